The number of fused-ring (bicyclic) bond motifs is 1. The van der Waals surface area contributed by atoms with E-state index in [1.807, 2.05) is 30.3 Å². The molecule has 3 aliphatic rings. The first-order chi connectivity index (χ1) is 20.4. The van der Waals surface area contributed by atoms with Crippen LogP contribution in [0.25, 0.3) is 0 Å². The van der Waals surface area contributed by atoms with Gasteiger partial charge in [0.1, 0.15) is 6.04 Å². The molecule has 6 atom stereocenters. The number of carbonyl (C=O) groups is 3. The number of unbranched alkanes of at least 4 members (excludes halogenated alkanes) is 1. The van der Waals surface area contributed by atoms with Crippen molar-refractivity contribution in [1.29, 1.82) is 0 Å². The quantitative estimate of drug-likeness (QED) is 0.194. The van der Waals surface area contributed by atoms with Gasteiger partial charge >= 0.3 is 5.97 Å². The average molecular weight is 609 g/mol. The number of ether oxygens (including phenoxy) is 1. The number of benzene rings is 2. The smallest absolute Gasteiger partial charge is 0.310 e. The van der Waals surface area contributed by atoms with E-state index in [0.29, 0.717) is 36.4 Å². The Morgan fingerprint density at radius 2 is 1.90 bits per heavy atom. The summed E-state index contributed by atoms with van der Waals surface area (Å²) in [6.07, 6.45) is 6.54. The number of halogens is 1. The summed E-state index contributed by atoms with van der Waals surface area (Å²) >= 11 is 7.73. The van der Waals surface area contributed by atoms with Gasteiger partial charge in [0, 0.05) is 22.5 Å². The number of carbonyl (C=O) groups excluding carboxylic acids is 3. The first kappa shape index (κ1) is 30.4. The highest BCUT2D eigenvalue weighted by Gasteiger charge is 2.74. The maximum absolute atomic E-state index is 14.7. The molecule has 2 bridgehead atoms. The van der Waals surface area contributed by atoms with Crippen LogP contribution in [0.4, 0.5) is 5.69 Å². The summed E-state index contributed by atoms with van der Waals surface area (Å²) in [5.41, 5.74) is 1.58. The minimum absolute atomic E-state index is 0.103. The summed E-state index contributed by atoms with van der Waals surface area (Å²) in [7, 11) is 0. The molecule has 3 aliphatic heterocycles. The van der Waals surface area contributed by atoms with Gasteiger partial charge in [0.15, 0.2) is 0 Å². The molecule has 1 spiro atoms. The fourth-order valence-corrected chi connectivity index (χ4v) is 9.20. The molecule has 2 amide bonds. The molecule has 3 heterocycles. The van der Waals surface area contributed by atoms with Gasteiger partial charge in [-0.15, -0.1) is 24.9 Å². The highest BCUT2D eigenvalue weighted by Crippen LogP contribution is 2.67. The molecule has 0 aromatic heterocycles. The number of likely N-dealkylation sites (tertiary alicyclic amines) is 1. The third kappa shape index (κ3) is 5.52. The van der Waals surface area contributed by atoms with Crippen molar-refractivity contribution in [3.63, 3.8) is 0 Å². The molecule has 1 N–H and O–H groups in total. The van der Waals surface area contributed by atoms with Crippen LogP contribution >= 0.6 is 23.4 Å². The molecule has 2 aromatic carbocycles. The van der Waals surface area contributed by atoms with Gasteiger partial charge in [0.2, 0.25) is 5.91 Å². The van der Waals surface area contributed by atoms with E-state index in [2.05, 4.69) is 13.2 Å². The van der Waals surface area contributed by atoms with E-state index < -0.39 is 28.7 Å². The number of thioether (sulfide) groups is 1. The summed E-state index contributed by atoms with van der Waals surface area (Å²) in [5, 5.41) is 11.1. The molecule has 42 heavy (non-hydrogen) atoms. The minimum atomic E-state index is -0.875. The predicted molar refractivity (Wildman–Crippen MR) is 166 cm³/mol. The lowest BCUT2D eigenvalue weighted by Crippen LogP contribution is -2.58. The van der Waals surface area contributed by atoms with Crippen LogP contribution in [0.1, 0.15) is 31.2 Å². The Hall–Kier alpha value is -3.07. The highest BCUT2D eigenvalue weighted by atomic mass is 35.5. The fraction of sp³-hybridized carbons (Fsp3) is 0.424. The van der Waals surface area contributed by atoms with Crippen LogP contribution in [0.15, 0.2) is 79.9 Å². The van der Waals surface area contributed by atoms with Gasteiger partial charge in [-0.3, -0.25) is 14.4 Å². The monoisotopic (exact) mass is 608 g/mol. The molecule has 2 aromatic rings. The van der Waals surface area contributed by atoms with Gasteiger partial charge in [-0.1, -0.05) is 54.1 Å². The molecule has 0 saturated carbocycles. The van der Waals surface area contributed by atoms with Gasteiger partial charge in [-0.25, -0.2) is 0 Å². The van der Waals surface area contributed by atoms with E-state index in [0.717, 1.165) is 12.0 Å². The van der Waals surface area contributed by atoms with Crippen molar-refractivity contribution in [2.75, 3.05) is 24.7 Å². The zero-order valence-corrected chi connectivity index (χ0v) is 25.1. The summed E-state index contributed by atoms with van der Waals surface area (Å²) in [4.78, 5) is 45.9. The van der Waals surface area contributed by atoms with E-state index in [9.17, 15) is 19.5 Å². The van der Waals surface area contributed by atoms with Gasteiger partial charge in [0.05, 0.1) is 35.8 Å². The van der Waals surface area contributed by atoms with Gasteiger partial charge < -0.3 is 19.6 Å². The number of nitrogens with zero attached hydrogens (tertiary/aromatic N) is 2. The van der Waals surface area contributed by atoms with Gasteiger partial charge in [-0.2, -0.15) is 0 Å². The number of amides is 2. The van der Waals surface area contributed by atoms with Crippen molar-refractivity contribution in [3.05, 3.63) is 90.5 Å². The SMILES string of the molecule is C=CCCCOC(=O)[C@@H]1[C@@H]2CCC3(S2)C(C(=O)N(CC=C)c2ccc(Cl)cc2)N([C@@H](CO)Cc2ccccc2)C(=O)[C@H]13. The Kier molecular flexibility index (Phi) is 9.45. The molecular formula is C33H37ClN2O5S. The number of aliphatic hydroxyl groups excluding tert-OH is 1. The maximum Gasteiger partial charge on any atom is 0.310 e. The Morgan fingerprint density at radius 1 is 1.17 bits per heavy atom. The van der Waals surface area contributed by atoms with Crippen LogP contribution in [-0.4, -0.2) is 69.6 Å². The molecule has 3 saturated heterocycles. The van der Waals surface area contributed by atoms with Gasteiger partial charge in [0.25, 0.3) is 5.91 Å². The number of esters is 1. The lowest BCUT2D eigenvalue weighted by Gasteiger charge is -2.39. The topological polar surface area (TPSA) is 87.2 Å². The normalized spacial score (nSPS) is 26.5. The van der Waals surface area contributed by atoms with Crippen molar-refractivity contribution in [2.24, 2.45) is 11.8 Å². The van der Waals surface area contributed by atoms with Gasteiger partial charge in [-0.05, 0) is 61.9 Å². The van der Waals surface area contributed by atoms with E-state index in [4.69, 9.17) is 16.3 Å². The van der Waals surface area contributed by atoms with Crippen LogP contribution in [0.5, 0.6) is 0 Å². The Bertz CT molecular complexity index is 1320. The lowest BCUT2D eigenvalue weighted by atomic mass is 9.71. The molecule has 0 aliphatic carbocycles. The Labute approximate surface area is 256 Å². The van der Waals surface area contributed by atoms with Crippen molar-refractivity contribution >= 4 is 46.8 Å². The summed E-state index contributed by atoms with van der Waals surface area (Å²) in [6, 6.07) is 15.1. The predicted octanol–water partition coefficient (Wildman–Crippen LogP) is 5.06. The second-order valence-electron chi connectivity index (χ2n) is 11.1. The standard InChI is InChI=1S/C33H37ClN2O5S/c1-3-5-9-19-41-32(40)27-26-16-17-33(42-26)28(27)30(38)36(25(21-37)20-22-10-7-6-8-11-22)29(33)31(39)35(18-4-2)24-14-12-23(34)13-15-24/h3-4,6-8,10-15,25-29,37H,1-2,5,9,16-21H2/t25-,26+,27-,28+,29?,33?/m1/s1. The number of anilines is 1. The molecule has 9 heteroatoms. The zero-order chi connectivity index (χ0) is 29.9. The zero-order valence-electron chi connectivity index (χ0n) is 23.6. The summed E-state index contributed by atoms with van der Waals surface area (Å²) in [5.74, 6) is -2.25. The van der Waals surface area contributed by atoms with Crippen LogP contribution < -0.4 is 4.90 Å². The van der Waals surface area contributed by atoms with Crippen molar-refractivity contribution in [2.45, 2.75) is 54.2 Å². The first-order valence-electron chi connectivity index (χ1n) is 14.5. The number of hydrogen-bond acceptors (Lipinski definition) is 6. The summed E-state index contributed by atoms with van der Waals surface area (Å²) in [6.45, 7) is 7.75. The van der Waals surface area contributed by atoms with Crippen molar-refractivity contribution < 1.29 is 24.2 Å². The molecule has 3 fully saturated rings. The first-order valence-corrected chi connectivity index (χ1v) is 15.7. The van der Waals surface area contributed by atoms with E-state index in [1.54, 1.807) is 58.0 Å². The number of allylic oxidation sites excluding steroid dienone is 1. The fourth-order valence-electron chi connectivity index (χ4n) is 6.89. The van der Waals surface area contributed by atoms with E-state index in [1.165, 1.54) is 0 Å². The highest BCUT2D eigenvalue weighted by molar-refractivity contribution is 8.02. The van der Waals surface area contributed by atoms with Crippen LogP contribution in [-0.2, 0) is 25.5 Å². The van der Waals surface area contributed by atoms with E-state index >= 15 is 0 Å². The number of aliphatic hydroxyl groups is 1. The third-order valence-corrected chi connectivity index (χ3v) is 10.9. The third-order valence-electron chi connectivity index (χ3n) is 8.68. The molecule has 222 valence electrons. The average Bonchev–Trinajstić information content (AvgIpc) is 3.65. The number of rotatable bonds is 13. The largest absolute Gasteiger partial charge is 0.465 e. The van der Waals surface area contributed by atoms with E-state index in [-0.39, 0.29) is 42.8 Å². The number of hydrogen-bond donors (Lipinski definition) is 1. The molecule has 7 nitrogen and oxygen atoms in total. The Balaban J connectivity index is 1.55. The second kappa shape index (κ2) is 13.1. The van der Waals surface area contributed by atoms with Crippen LogP contribution in [0, 0.1) is 11.8 Å². The summed E-state index contributed by atoms with van der Waals surface area (Å²) < 4.78 is 4.87. The Morgan fingerprint density at radius 3 is 2.57 bits per heavy atom. The molecule has 2 unspecified atom stereocenters. The van der Waals surface area contributed by atoms with Crippen LogP contribution in [0.2, 0.25) is 5.02 Å². The minimum Gasteiger partial charge on any atom is -0.465 e. The lowest BCUT2D eigenvalue weighted by molar-refractivity contribution is -0.154. The molecule has 5 rings (SSSR count). The van der Waals surface area contributed by atoms with Crippen molar-refractivity contribution in [1.82, 2.24) is 4.90 Å². The second-order valence-corrected chi connectivity index (χ2v) is 13.2. The molecular weight excluding hydrogens is 572 g/mol. The maximum atomic E-state index is 14.7. The molecule has 0 radical (unpaired) electrons. The van der Waals surface area contributed by atoms with Crippen molar-refractivity contribution in [3.8, 4) is 0 Å². The van der Waals surface area contributed by atoms with Crippen LogP contribution in [0.3, 0.4) is 0 Å².